The molecule has 2 heterocycles. The van der Waals surface area contributed by atoms with Crippen molar-refractivity contribution in [1.82, 2.24) is 9.13 Å². The lowest BCUT2D eigenvalue weighted by Gasteiger charge is -2.16. The Morgan fingerprint density at radius 1 is 0.375 bits per heavy atom. The lowest BCUT2D eigenvalue weighted by atomic mass is 9.97. The predicted octanol–water partition coefficient (Wildman–Crippen LogP) is 11.0. The van der Waals surface area contributed by atoms with Crippen LogP contribution in [-0.4, -0.2) is 9.13 Å². The number of aromatic nitrogens is 2. The van der Waals surface area contributed by atoms with E-state index in [1.807, 2.05) is 42.5 Å². The van der Waals surface area contributed by atoms with Crippen molar-refractivity contribution in [3.8, 4) is 45.8 Å². The molecule has 4 nitrogen and oxygen atoms in total. The van der Waals surface area contributed by atoms with E-state index in [4.69, 9.17) is 0 Å². The fraction of sp³-hybridized carbons (Fsp3) is 0. The molecule has 0 unspecified atom stereocenters. The summed E-state index contributed by atoms with van der Waals surface area (Å²) in [5.74, 6) is 0. The van der Waals surface area contributed by atoms with Crippen molar-refractivity contribution in [1.29, 1.82) is 10.5 Å². The number of para-hydroxylation sites is 5. The molecule has 0 N–H and O–H groups in total. The second-order valence-corrected chi connectivity index (χ2v) is 12.0. The molecule has 0 aliphatic rings. The van der Waals surface area contributed by atoms with Gasteiger partial charge in [0.25, 0.3) is 0 Å². The summed E-state index contributed by atoms with van der Waals surface area (Å²) in [6, 6.07) is 59.0. The first-order valence-corrected chi connectivity index (χ1v) is 15.9. The second kappa shape index (κ2) is 10.9. The molecule has 48 heavy (non-hydrogen) atoms. The van der Waals surface area contributed by atoms with E-state index < -0.39 is 0 Å². The van der Waals surface area contributed by atoms with Crippen molar-refractivity contribution >= 4 is 43.6 Å². The minimum absolute atomic E-state index is 0.549. The van der Waals surface area contributed by atoms with Crippen LogP contribution in [0.5, 0.6) is 0 Å². The first-order valence-electron chi connectivity index (χ1n) is 15.9. The van der Waals surface area contributed by atoms with Crippen molar-refractivity contribution in [3.05, 3.63) is 169 Å². The number of hydrogen-bond donors (Lipinski definition) is 0. The number of nitrogens with zero attached hydrogens (tertiary/aromatic N) is 4. The predicted molar refractivity (Wildman–Crippen MR) is 195 cm³/mol. The molecule has 0 aliphatic carbocycles. The number of fused-ring (bicyclic) bond motifs is 6. The lowest BCUT2D eigenvalue weighted by Crippen LogP contribution is -2.02. The van der Waals surface area contributed by atoms with Gasteiger partial charge in [-0.15, -0.1) is 0 Å². The molecule has 0 saturated heterocycles. The Hall–Kier alpha value is -6.88. The minimum Gasteiger partial charge on any atom is -0.309 e. The molecule has 0 saturated carbocycles. The Morgan fingerprint density at radius 3 is 1.44 bits per heavy atom. The van der Waals surface area contributed by atoms with Gasteiger partial charge in [0.05, 0.1) is 38.9 Å². The molecule has 0 radical (unpaired) electrons. The second-order valence-electron chi connectivity index (χ2n) is 12.0. The van der Waals surface area contributed by atoms with Gasteiger partial charge in [-0.05, 0) is 59.2 Å². The average molecular weight is 611 g/mol. The van der Waals surface area contributed by atoms with Crippen LogP contribution < -0.4 is 0 Å². The Labute approximate surface area is 277 Å². The standard InChI is InChI=1S/C44H26N4/c45-27-32-9-7-14-35(43(32)48-42-18-6-3-13-38(42)39-15-8-10-33(28-46)44(39)48)31-21-19-29(20-22-31)30-23-25-34(26-24-30)47-40-16-4-1-11-36(40)37-12-2-5-17-41(37)47/h1-26H. The van der Waals surface area contributed by atoms with E-state index in [2.05, 4.69) is 137 Å². The highest BCUT2D eigenvalue weighted by molar-refractivity contribution is 6.12. The third-order valence-corrected chi connectivity index (χ3v) is 9.43. The van der Waals surface area contributed by atoms with E-state index in [0.717, 1.165) is 55.4 Å². The minimum atomic E-state index is 0.549. The maximum Gasteiger partial charge on any atom is 0.101 e. The van der Waals surface area contributed by atoms with Gasteiger partial charge in [-0.25, -0.2) is 0 Å². The molecule has 4 heteroatoms. The summed E-state index contributed by atoms with van der Waals surface area (Å²) in [6.07, 6.45) is 0. The molecule has 222 valence electrons. The van der Waals surface area contributed by atoms with Crippen LogP contribution in [0.1, 0.15) is 11.1 Å². The number of benzene rings is 7. The Balaban J connectivity index is 1.15. The smallest absolute Gasteiger partial charge is 0.101 e. The maximum atomic E-state index is 10.3. The molecular weight excluding hydrogens is 585 g/mol. The third-order valence-electron chi connectivity index (χ3n) is 9.43. The van der Waals surface area contributed by atoms with E-state index in [0.29, 0.717) is 11.1 Å². The van der Waals surface area contributed by atoms with E-state index in [1.54, 1.807) is 0 Å². The topological polar surface area (TPSA) is 57.4 Å². The summed E-state index contributed by atoms with van der Waals surface area (Å²) in [4.78, 5) is 0. The zero-order valence-corrected chi connectivity index (χ0v) is 25.8. The molecule has 0 atom stereocenters. The summed E-state index contributed by atoms with van der Waals surface area (Å²) in [6.45, 7) is 0. The molecule has 0 spiro atoms. The molecule has 7 aromatic carbocycles. The van der Waals surface area contributed by atoms with Crippen molar-refractivity contribution in [2.45, 2.75) is 0 Å². The SMILES string of the molecule is N#Cc1cccc(-c2ccc(-c3ccc(-n4c5ccccc5c5ccccc54)cc3)cc2)c1-n1c2ccccc2c2cccc(C#N)c21. The van der Waals surface area contributed by atoms with E-state index in [-0.39, 0.29) is 0 Å². The first-order chi connectivity index (χ1) is 23.7. The highest BCUT2D eigenvalue weighted by Crippen LogP contribution is 2.39. The van der Waals surface area contributed by atoms with Crippen LogP contribution in [0.25, 0.3) is 77.2 Å². The fourth-order valence-electron chi connectivity index (χ4n) is 7.29. The maximum absolute atomic E-state index is 10.3. The summed E-state index contributed by atoms with van der Waals surface area (Å²) >= 11 is 0. The van der Waals surface area contributed by atoms with Gasteiger partial charge in [0.1, 0.15) is 12.1 Å². The van der Waals surface area contributed by atoms with E-state index in [9.17, 15) is 10.5 Å². The normalized spacial score (nSPS) is 11.3. The molecule has 0 bridgehead atoms. The summed E-state index contributed by atoms with van der Waals surface area (Å²) in [5, 5.41) is 25.0. The highest BCUT2D eigenvalue weighted by atomic mass is 15.0. The molecule has 0 amide bonds. The van der Waals surface area contributed by atoms with E-state index >= 15 is 0 Å². The molecule has 2 aromatic heterocycles. The Bertz CT molecular complexity index is 2730. The van der Waals surface area contributed by atoms with Crippen LogP contribution in [0.3, 0.4) is 0 Å². The molecule has 9 rings (SSSR count). The van der Waals surface area contributed by atoms with Gasteiger partial charge in [0.15, 0.2) is 0 Å². The van der Waals surface area contributed by atoms with Crippen molar-refractivity contribution < 1.29 is 0 Å². The van der Waals surface area contributed by atoms with Crippen molar-refractivity contribution in [3.63, 3.8) is 0 Å². The van der Waals surface area contributed by atoms with Gasteiger partial charge in [-0.2, -0.15) is 10.5 Å². The highest BCUT2D eigenvalue weighted by Gasteiger charge is 2.21. The van der Waals surface area contributed by atoms with Crippen LogP contribution in [0.4, 0.5) is 0 Å². The monoisotopic (exact) mass is 610 g/mol. The van der Waals surface area contributed by atoms with Crippen LogP contribution in [0.15, 0.2) is 158 Å². The van der Waals surface area contributed by atoms with Gasteiger partial charge >= 0.3 is 0 Å². The van der Waals surface area contributed by atoms with Crippen molar-refractivity contribution in [2.75, 3.05) is 0 Å². The lowest BCUT2D eigenvalue weighted by molar-refractivity contribution is 1.16. The first kappa shape index (κ1) is 27.4. The zero-order valence-electron chi connectivity index (χ0n) is 25.8. The number of hydrogen-bond acceptors (Lipinski definition) is 2. The van der Waals surface area contributed by atoms with Gasteiger partial charge in [-0.3, -0.25) is 0 Å². The van der Waals surface area contributed by atoms with E-state index in [1.165, 1.54) is 21.8 Å². The number of nitriles is 2. The quantitative estimate of drug-likeness (QED) is 0.199. The van der Waals surface area contributed by atoms with Gasteiger partial charge in [-0.1, -0.05) is 115 Å². The zero-order chi connectivity index (χ0) is 32.2. The van der Waals surface area contributed by atoms with Crippen LogP contribution in [-0.2, 0) is 0 Å². The Kier molecular flexibility index (Phi) is 6.22. The Morgan fingerprint density at radius 2 is 0.833 bits per heavy atom. The third kappa shape index (κ3) is 4.07. The van der Waals surface area contributed by atoms with Crippen LogP contribution >= 0.6 is 0 Å². The largest absolute Gasteiger partial charge is 0.309 e. The summed E-state index contributed by atoms with van der Waals surface area (Å²) in [5.41, 5.74) is 11.3. The molecular formula is C44H26N4. The summed E-state index contributed by atoms with van der Waals surface area (Å²) in [7, 11) is 0. The number of rotatable bonds is 4. The fourth-order valence-corrected chi connectivity index (χ4v) is 7.29. The summed E-state index contributed by atoms with van der Waals surface area (Å²) < 4.78 is 4.42. The molecule has 0 aliphatic heterocycles. The van der Waals surface area contributed by atoms with Crippen LogP contribution in [0, 0.1) is 22.7 Å². The average Bonchev–Trinajstić information content (AvgIpc) is 3.68. The molecule has 0 fully saturated rings. The molecule has 9 aromatic rings. The van der Waals surface area contributed by atoms with Gasteiger partial charge in [0.2, 0.25) is 0 Å². The van der Waals surface area contributed by atoms with Crippen LogP contribution in [0.2, 0.25) is 0 Å². The van der Waals surface area contributed by atoms with Crippen molar-refractivity contribution in [2.24, 2.45) is 0 Å². The van der Waals surface area contributed by atoms with Gasteiger partial charge in [0, 0.05) is 32.8 Å². The van der Waals surface area contributed by atoms with Gasteiger partial charge < -0.3 is 9.13 Å².